The average molecular weight is 522 g/mol. The van der Waals surface area contributed by atoms with E-state index in [1.54, 1.807) is 56.4 Å². The number of hydrogen-bond acceptors (Lipinski definition) is 7. The topological polar surface area (TPSA) is 57.7 Å². The van der Waals surface area contributed by atoms with Crippen molar-refractivity contribution >= 4 is 29.1 Å². The minimum Gasteiger partial charge on any atom is -0.496 e. The zero-order valence-electron chi connectivity index (χ0n) is 20.4. The summed E-state index contributed by atoms with van der Waals surface area (Å²) >= 11 is 3.15. The molecule has 9 heteroatoms. The van der Waals surface area contributed by atoms with Gasteiger partial charge in [0.2, 0.25) is 0 Å². The zero-order chi connectivity index (χ0) is 25.6. The molecule has 0 N–H and O–H groups in total. The molecule has 0 atom stereocenters. The fourth-order valence-corrected chi connectivity index (χ4v) is 5.73. The molecule has 1 aromatic heterocycles. The van der Waals surface area contributed by atoms with Crippen LogP contribution in [0.4, 0.5) is 8.78 Å². The number of halogens is 2. The van der Waals surface area contributed by atoms with Gasteiger partial charge in [-0.15, -0.1) is 23.1 Å². The number of aryl methyl sites for hydroxylation is 2. The Morgan fingerprint density at radius 2 is 1.80 bits per heavy atom. The quantitative estimate of drug-likeness (QED) is 0.199. The first-order valence-corrected chi connectivity index (χ1v) is 12.9. The first-order valence-electron chi connectivity index (χ1n) is 11.1. The molecule has 0 bridgehead atoms. The number of benzene rings is 2. The molecule has 3 aromatic rings. The maximum Gasteiger partial charge on any atom is 0.306 e. The summed E-state index contributed by atoms with van der Waals surface area (Å²) in [7, 11) is 3.20. The Morgan fingerprint density at radius 1 is 1.11 bits per heavy atom. The van der Waals surface area contributed by atoms with Crippen molar-refractivity contribution in [1.82, 2.24) is 4.98 Å². The Balaban J connectivity index is 1.78. The van der Waals surface area contributed by atoms with E-state index in [0.717, 1.165) is 38.5 Å². The van der Waals surface area contributed by atoms with Gasteiger partial charge in [-0.05, 0) is 31.9 Å². The van der Waals surface area contributed by atoms with Crippen molar-refractivity contribution < 1.29 is 27.8 Å². The smallest absolute Gasteiger partial charge is 0.306 e. The summed E-state index contributed by atoms with van der Waals surface area (Å²) < 4.78 is 43.2. The van der Waals surface area contributed by atoms with Crippen LogP contribution in [0.25, 0.3) is 10.6 Å². The number of alkyl halides is 2. The first-order chi connectivity index (χ1) is 16.7. The minimum atomic E-state index is -2.87. The van der Waals surface area contributed by atoms with Crippen molar-refractivity contribution in [2.45, 2.75) is 50.2 Å². The van der Waals surface area contributed by atoms with Gasteiger partial charge in [0.25, 0.3) is 5.92 Å². The molecule has 35 heavy (non-hydrogen) atoms. The van der Waals surface area contributed by atoms with Crippen LogP contribution >= 0.6 is 23.1 Å². The fraction of sp³-hybridized carbons (Fsp3) is 0.385. The summed E-state index contributed by atoms with van der Waals surface area (Å²) in [5, 5.41) is 0.792. The van der Waals surface area contributed by atoms with Gasteiger partial charge in [0.1, 0.15) is 16.5 Å². The summed E-state index contributed by atoms with van der Waals surface area (Å²) in [6, 6.07) is 10.1. The highest BCUT2D eigenvalue weighted by Crippen LogP contribution is 2.40. The van der Waals surface area contributed by atoms with Gasteiger partial charge in [-0.2, -0.15) is 0 Å². The van der Waals surface area contributed by atoms with Crippen LogP contribution in [-0.2, 0) is 27.6 Å². The molecule has 0 spiro atoms. The minimum absolute atomic E-state index is 0.0179. The number of thioether (sulfide) groups is 1. The van der Waals surface area contributed by atoms with Crippen LogP contribution in [0.2, 0.25) is 0 Å². The van der Waals surface area contributed by atoms with Gasteiger partial charge in [0.15, 0.2) is 0 Å². The number of esters is 1. The third-order valence-corrected chi connectivity index (χ3v) is 7.81. The molecule has 2 aromatic carbocycles. The molecule has 1 heterocycles. The van der Waals surface area contributed by atoms with E-state index < -0.39 is 5.92 Å². The Hall–Kier alpha value is -2.65. The van der Waals surface area contributed by atoms with Gasteiger partial charge in [-0.3, -0.25) is 4.79 Å². The van der Waals surface area contributed by atoms with Crippen LogP contribution in [0, 0.1) is 6.92 Å². The highest BCUT2D eigenvalue weighted by atomic mass is 32.2. The molecule has 0 amide bonds. The monoisotopic (exact) mass is 521 g/mol. The van der Waals surface area contributed by atoms with Crippen LogP contribution in [-0.4, -0.2) is 31.8 Å². The molecule has 0 fully saturated rings. The largest absolute Gasteiger partial charge is 0.496 e. The Bertz CT molecular complexity index is 1160. The molecule has 0 aliphatic rings. The number of ether oxygens (including phenoxy) is 3. The predicted molar refractivity (Wildman–Crippen MR) is 136 cm³/mol. The summed E-state index contributed by atoms with van der Waals surface area (Å²) in [4.78, 5) is 18.5. The highest BCUT2D eigenvalue weighted by Gasteiger charge is 2.24. The van der Waals surface area contributed by atoms with Gasteiger partial charge in [-0.25, -0.2) is 13.8 Å². The Labute approximate surface area is 212 Å². The van der Waals surface area contributed by atoms with E-state index in [-0.39, 0.29) is 18.0 Å². The summed E-state index contributed by atoms with van der Waals surface area (Å²) in [6.07, 6.45) is 0.761. The SMILES string of the molecule is CCOC(=O)CCc1cc(SCc2sc(-c3ccc(C(C)(F)F)cc3)nc2C)c(OC)cc1OC. The lowest BCUT2D eigenvalue weighted by molar-refractivity contribution is -0.143. The number of methoxy groups -OCH3 is 2. The van der Waals surface area contributed by atoms with E-state index >= 15 is 0 Å². The van der Waals surface area contributed by atoms with Crippen molar-refractivity contribution in [2.75, 3.05) is 20.8 Å². The molecule has 0 aliphatic carbocycles. The summed E-state index contributed by atoms with van der Waals surface area (Å²) in [5.74, 6) is -1.11. The molecule has 188 valence electrons. The maximum absolute atomic E-state index is 13.5. The lowest BCUT2D eigenvalue weighted by Gasteiger charge is -2.14. The van der Waals surface area contributed by atoms with Crippen LogP contribution in [0.3, 0.4) is 0 Å². The molecule has 0 radical (unpaired) electrons. The lowest BCUT2D eigenvalue weighted by Crippen LogP contribution is -2.06. The van der Waals surface area contributed by atoms with E-state index in [9.17, 15) is 13.6 Å². The van der Waals surface area contributed by atoms with Crippen molar-refractivity contribution in [2.24, 2.45) is 0 Å². The average Bonchev–Trinajstić information content (AvgIpc) is 3.21. The second-order valence-electron chi connectivity index (χ2n) is 7.90. The number of nitrogens with zero attached hydrogens (tertiary/aromatic N) is 1. The van der Waals surface area contributed by atoms with Crippen molar-refractivity contribution in [3.05, 3.63) is 58.1 Å². The van der Waals surface area contributed by atoms with Gasteiger partial charge < -0.3 is 14.2 Å². The van der Waals surface area contributed by atoms with E-state index in [2.05, 4.69) is 4.98 Å². The normalized spacial score (nSPS) is 11.4. The molecule has 3 rings (SSSR count). The molecule has 0 aliphatic heterocycles. The van der Waals surface area contributed by atoms with Crippen molar-refractivity contribution in [1.29, 1.82) is 0 Å². The third-order valence-electron chi connectivity index (χ3n) is 5.36. The van der Waals surface area contributed by atoms with Gasteiger partial charge >= 0.3 is 5.97 Å². The number of carbonyl (C=O) groups excluding carboxylic acids is 1. The highest BCUT2D eigenvalue weighted by molar-refractivity contribution is 7.98. The van der Waals surface area contributed by atoms with Crippen LogP contribution in [0.5, 0.6) is 11.5 Å². The van der Waals surface area contributed by atoms with Gasteiger partial charge in [0.05, 0.1) is 31.4 Å². The third kappa shape index (κ3) is 6.95. The zero-order valence-corrected chi connectivity index (χ0v) is 22.1. The molecule has 5 nitrogen and oxygen atoms in total. The molecule has 0 saturated carbocycles. The van der Waals surface area contributed by atoms with Crippen LogP contribution in [0.15, 0.2) is 41.3 Å². The second kappa shape index (κ2) is 11.9. The molecule has 0 saturated heterocycles. The van der Waals surface area contributed by atoms with E-state index in [1.165, 1.54) is 12.1 Å². The Morgan fingerprint density at radius 3 is 2.40 bits per heavy atom. The maximum atomic E-state index is 13.5. The molecular weight excluding hydrogens is 492 g/mol. The fourth-order valence-electron chi connectivity index (χ4n) is 3.45. The summed E-state index contributed by atoms with van der Waals surface area (Å²) in [5.41, 5.74) is 2.59. The van der Waals surface area contributed by atoms with Crippen LogP contribution < -0.4 is 9.47 Å². The van der Waals surface area contributed by atoms with Gasteiger partial charge in [-0.1, -0.05) is 24.3 Å². The lowest BCUT2D eigenvalue weighted by atomic mass is 10.1. The van der Waals surface area contributed by atoms with E-state index in [4.69, 9.17) is 14.2 Å². The standard InChI is InChI=1S/C26H29F2NO4S2/c1-6-33-24(30)12-9-18-13-22(21(32-5)14-20(18)31-4)34-15-23-16(2)29-25(35-23)17-7-10-19(11-8-17)26(3,27)28/h7-8,10-11,13-14H,6,9,12,15H2,1-5H3. The second-order valence-corrected chi connectivity index (χ2v) is 10.0. The van der Waals surface area contributed by atoms with Crippen molar-refractivity contribution in [3.63, 3.8) is 0 Å². The predicted octanol–water partition coefficient (Wildman–Crippen LogP) is 7.04. The van der Waals surface area contributed by atoms with Gasteiger partial charge in [0, 0.05) is 41.2 Å². The van der Waals surface area contributed by atoms with E-state index in [1.807, 2.05) is 19.1 Å². The number of thiazole rings is 1. The number of aromatic nitrogens is 1. The Kier molecular flexibility index (Phi) is 9.13. The molecular formula is C26H29F2NO4S2. The van der Waals surface area contributed by atoms with E-state index in [0.29, 0.717) is 30.3 Å². The van der Waals surface area contributed by atoms with Crippen LogP contribution in [0.1, 0.15) is 42.0 Å². The van der Waals surface area contributed by atoms with Crippen molar-refractivity contribution in [3.8, 4) is 22.1 Å². The number of hydrogen-bond donors (Lipinski definition) is 0. The summed E-state index contributed by atoms with van der Waals surface area (Å²) in [6.45, 7) is 4.97. The molecule has 0 unspecified atom stereocenters. The number of carbonyl (C=O) groups is 1. The first kappa shape index (κ1) is 26.9. The number of rotatable bonds is 11.